The third-order valence-electron chi connectivity index (χ3n) is 6.07. The summed E-state index contributed by atoms with van der Waals surface area (Å²) in [6.45, 7) is 10.1. The first-order valence-electron chi connectivity index (χ1n) is 12.1. The lowest BCUT2D eigenvalue weighted by atomic mass is 9.92. The lowest BCUT2D eigenvalue weighted by Gasteiger charge is -2.19. The summed E-state index contributed by atoms with van der Waals surface area (Å²) in [5.41, 5.74) is 11.5. The van der Waals surface area contributed by atoms with E-state index in [-0.39, 0.29) is 17.2 Å². The van der Waals surface area contributed by atoms with Crippen LogP contribution in [-0.4, -0.2) is 48.0 Å². The highest BCUT2D eigenvalue weighted by molar-refractivity contribution is 5.86. The van der Waals surface area contributed by atoms with Crippen molar-refractivity contribution in [1.29, 1.82) is 0 Å². The van der Waals surface area contributed by atoms with Gasteiger partial charge in [0.2, 0.25) is 5.91 Å². The van der Waals surface area contributed by atoms with E-state index in [4.69, 9.17) is 5.73 Å². The minimum atomic E-state index is -0.182. The second-order valence-corrected chi connectivity index (χ2v) is 10.7. The van der Waals surface area contributed by atoms with Crippen molar-refractivity contribution in [3.05, 3.63) is 53.7 Å². The summed E-state index contributed by atoms with van der Waals surface area (Å²) in [6.07, 6.45) is 4.27. The van der Waals surface area contributed by atoms with Crippen LogP contribution in [0.3, 0.4) is 0 Å². The molecule has 0 radical (unpaired) electrons. The summed E-state index contributed by atoms with van der Waals surface area (Å²) in [5, 5.41) is 4.07. The number of nitrogens with one attached hydrogen (secondary N) is 1. The molecule has 1 amide bonds. The van der Waals surface area contributed by atoms with Crippen LogP contribution < -0.4 is 11.1 Å². The summed E-state index contributed by atoms with van der Waals surface area (Å²) in [7, 11) is 4.16. The van der Waals surface area contributed by atoms with Crippen LogP contribution in [0.4, 0.5) is 5.82 Å². The first-order valence-corrected chi connectivity index (χ1v) is 12.1. The number of aromatic nitrogens is 2. The van der Waals surface area contributed by atoms with Crippen molar-refractivity contribution in [3.63, 3.8) is 0 Å². The molecular formula is C28H39N5O. The number of rotatable bonds is 9. The SMILES string of the molecule is CC(Cc1cc2cc(-c3ncccc3CCN(C)C)ccc2nc1N)C(=O)NCCC(C)(C)C. The molecule has 0 aliphatic rings. The standard InChI is InChI=1S/C28H39N5O/c1-19(27(34)31-14-12-28(2,3)4)16-23-18-22-17-21(9-10-24(22)32-26(23)29)25-20(8-7-13-30-25)11-15-33(5)6/h7-10,13,17-19H,11-12,14-16H2,1-6H3,(H2,29,32)(H,31,34). The zero-order chi connectivity index (χ0) is 24.9. The van der Waals surface area contributed by atoms with Gasteiger partial charge in [-0.15, -0.1) is 0 Å². The summed E-state index contributed by atoms with van der Waals surface area (Å²) in [5.74, 6) is 0.355. The van der Waals surface area contributed by atoms with Gasteiger partial charge in [0, 0.05) is 36.2 Å². The first-order chi connectivity index (χ1) is 16.0. The summed E-state index contributed by atoms with van der Waals surface area (Å²) in [6, 6.07) is 12.4. The average Bonchev–Trinajstić information content (AvgIpc) is 2.77. The molecule has 0 saturated carbocycles. The van der Waals surface area contributed by atoms with Crippen molar-refractivity contribution in [3.8, 4) is 11.3 Å². The van der Waals surface area contributed by atoms with Crippen molar-refractivity contribution >= 4 is 22.6 Å². The van der Waals surface area contributed by atoms with Gasteiger partial charge in [0.15, 0.2) is 0 Å². The highest BCUT2D eigenvalue weighted by Gasteiger charge is 2.18. The molecule has 2 aromatic heterocycles. The highest BCUT2D eigenvalue weighted by atomic mass is 16.1. The Morgan fingerprint density at radius 2 is 1.91 bits per heavy atom. The molecule has 1 aromatic carbocycles. The molecule has 34 heavy (non-hydrogen) atoms. The maximum Gasteiger partial charge on any atom is 0.223 e. The molecule has 1 atom stereocenters. The Labute approximate surface area is 204 Å². The molecule has 0 bridgehead atoms. The lowest BCUT2D eigenvalue weighted by molar-refractivity contribution is -0.124. The zero-order valence-electron chi connectivity index (χ0n) is 21.5. The number of anilines is 1. The van der Waals surface area contributed by atoms with Crippen molar-refractivity contribution < 1.29 is 4.79 Å². The van der Waals surface area contributed by atoms with Crippen LogP contribution in [0.2, 0.25) is 0 Å². The van der Waals surface area contributed by atoms with Gasteiger partial charge < -0.3 is 16.0 Å². The number of likely N-dealkylation sites (N-methyl/N-ethyl adjacent to an activating group) is 1. The number of carbonyl (C=O) groups is 1. The molecule has 0 aliphatic carbocycles. The van der Waals surface area contributed by atoms with Crippen molar-refractivity contribution in [2.24, 2.45) is 11.3 Å². The van der Waals surface area contributed by atoms with Gasteiger partial charge in [-0.25, -0.2) is 4.98 Å². The fourth-order valence-corrected chi connectivity index (χ4v) is 3.95. The minimum Gasteiger partial charge on any atom is -0.383 e. The van der Waals surface area contributed by atoms with E-state index in [2.05, 4.69) is 79.3 Å². The van der Waals surface area contributed by atoms with Crippen molar-refractivity contribution in [2.45, 2.75) is 47.0 Å². The number of benzene rings is 1. The number of nitrogens with zero attached hydrogens (tertiary/aromatic N) is 3. The number of carbonyl (C=O) groups excluding carboxylic acids is 1. The molecular weight excluding hydrogens is 422 g/mol. The van der Waals surface area contributed by atoms with Crippen molar-refractivity contribution in [2.75, 3.05) is 32.9 Å². The van der Waals surface area contributed by atoms with E-state index in [1.807, 2.05) is 25.3 Å². The van der Waals surface area contributed by atoms with Gasteiger partial charge in [0.1, 0.15) is 5.82 Å². The van der Waals surface area contributed by atoms with Crippen LogP contribution in [0, 0.1) is 11.3 Å². The monoisotopic (exact) mass is 461 g/mol. The van der Waals surface area contributed by atoms with E-state index in [9.17, 15) is 4.79 Å². The number of hydrogen-bond acceptors (Lipinski definition) is 5. The Kier molecular flexibility index (Phi) is 8.26. The predicted molar refractivity (Wildman–Crippen MR) is 142 cm³/mol. The molecule has 0 spiro atoms. The topological polar surface area (TPSA) is 84.1 Å². The molecule has 3 N–H and O–H groups in total. The minimum absolute atomic E-state index is 0.0523. The second kappa shape index (κ2) is 11.0. The van der Waals surface area contributed by atoms with E-state index in [0.29, 0.717) is 18.8 Å². The molecule has 0 fully saturated rings. The second-order valence-electron chi connectivity index (χ2n) is 10.7. The fraction of sp³-hybridized carbons (Fsp3) is 0.464. The largest absolute Gasteiger partial charge is 0.383 e. The number of nitrogens with two attached hydrogens (primary N) is 1. The molecule has 1 unspecified atom stereocenters. The van der Waals surface area contributed by atoms with Crippen LogP contribution in [0.15, 0.2) is 42.6 Å². The Morgan fingerprint density at radius 1 is 1.15 bits per heavy atom. The van der Waals surface area contributed by atoms with Gasteiger partial charge >= 0.3 is 0 Å². The lowest BCUT2D eigenvalue weighted by Crippen LogP contribution is -2.32. The van der Waals surface area contributed by atoms with Crippen LogP contribution in [0.25, 0.3) is 22.2 Å². The smallest absolute Gasteiger partial charge is 0.223 e. The Bertz CT molecular complexity index is 1130. The van der Waals surface area contributed by atoms with E-state index in [0.717, 1.165) is 47.1 Å². The average molecular weight is 462 g/mol. The molecule has 6 nitrogen and oxygen atoms in total. The number of pyridine rings is 2. The summed E-state index contributed by atoms with van der Waals surface area (Å²) in [4.78, 5) is 24.1. The van der Waals surface area contributed by atoms with Crippen LogP contribution in [0.5, 0.6) is 0 Å². The quantitative estimate of drug-likeness (QED) is 0.482. The molecule has 3 rings (SSSR count). The van der Waals surface area contributed by atoms with E-state index in [1.165, 1.54) is 5.56 Å². The summed E-state index contributed by atoms with van der Waals surface area (Å²) < 4.78 is 0. The Morgan fingerprint density at radius 3 is 2.62 bits per heavy atom. The van der Waals surface area contributed by atoms with Gasteiger partial charge in [-0.1, -0.05) is 39.8 Å². The summed E-state index contributed by atoms with van der Waals surface area (Å²) >= 11 is 0. The maximum absolute atomic E-state index is 12.6. The molecule has 0 saturated heterocycles. The van der Waals surface area contributed by atoms with E-state index >= 15 is 0 Å². The van der Waals surface area contributed by atoms with Crippen molar-refractivity contribution in [1.82, 2.24) is 20.2 Å². The predicted octanol–water partition coefficient (Wildman–Crippen LogP) is 4.71. The molecule has 0 aliphatic heterocycles. The van der Waals surface area contributed by atoms with Crippen LogP contribution in [0.1, 0.15) is 45.2 Å². The van der Waals surface area contributed by atoms with Gasteiger partial charge in [0.25, 0.3) is 0 Å². The number of fused-ring (bicyclic) bond motifs is 1. The molecule has 2 heterocycles. The number of amides is 1. The fourth-order valence-electron chi connectivity index (χ4n) is 3.95. The van der Waals surface area contributed by atoms with Gasteiger partial charge in [0.05, 0.1) is 11.2 Å². The van der Waals surface area contributed by atoms with Gasteiger partial charge in [-0.2, -0.15) is 0 Å². The number of nitrogen functional groups attached to an aromatic ring is 1. The number of hydrogen-bond donors (Lipinski definition) is 2. The van der Waals surface area contributed by atoms with E-state index in [1.54, 1.807) is 0 Å². The first kappa shape index (κ1) is 25.6. The van der Waals surface area contributed by atoms with Gasteiger partial charge in [-0.3, -0.25) is 9.78 Å². The molecule has 3 aromatic rings. The highest BCUT2D eigenvalue weighted by Crippen LogP contribution is 2.28. The van der Waals surface area contributed by atoms with E-state index < -0.39 is 0 Å². The Hall–Kier alpha value is -2.99. The maximum atomic E-state index is 12.6. The molecule has 182 valence electrons. The Balaban J connectivity index is 1.81. The third-order valence-corrected chi connectivity index (χ3v) is 6.07. The van der Waals surface area contributed by atoms with Gasteiger partial charge in [-0.05, 0) is 74.2 Å². The normalized spacial score (nSPS) is 12.8. The molecule has 6 heteroatoms. The third kappa shape index (κ3) is 7.00. The zero-order valence-corrected chi connectivity index (χ0v) is 21.5. The van der Waals surface area contributed by atoms with Crippen LogP contribution in [-0.2, 0) is 17.6 Å². The van der Waals surface area contributed by atoms with Crippen LogP contribution >= 0.6 is 0 Å².